The predicted molar refractivity (Wildman–Crippen MR) is 140 cm³/mol. The van der Waals surface area contributed by atoms with E-state index in [0.717, 1.165) is 17.3 Å². The van der Waals surface area contributed by atoms with Gasteiger partial charge in [-0.25, -0.2) is 4.79 Å². The van der Waals surface area contributed by atoms with E-state index >= 15 is 0 Å². The zero-order chi connectivity index (χ0) is 26.7. The molecule has 0 saturated carbocycles. The number of amides is 1. The summed E-state index contributed by atoms with van der Waals surface area (Å²) < 4.78 is 0. The van der Waals surface area contributed by atoms with Gasteiger partial charge in [-0.15, -0.1) is 0 Å². The van der Waals surface area contributed by atoms with E-state index in [4.69, 9.17) is 0 Å². The lowest BCUT2D eigenvalue weighted by Gasteiger charge is -2.33. The summed E-state index contributed by atoms with van der Waals surface area (Å²) in [6.07, 6.45) is 2.36. The lowest BCUT2D eigenvalue weighted by molar-refractivity contribution is -0.148. The number of para-hydroxylation sites is 1. The number of benzene rings is 2. The molecular formula is C27H27N3O6S. The molecule has 0 fully saturated rings. The molecule has 10 heteroatoms. The van der Waals surface area contributed by atoms with Crippen LogP contribution in [0, 0.1) is 5.92 Å². The van der Waals surface area contributed by atoms with E-state index in [9.17, 15) is 29.4 Å². The number of carboxylic acids is 2. The van der Waals surface area contributed by atoms with Crippen molar-refractivity contribution in [2.24, 2.45) is 5.92 Å². The van der Waals surface area contributed by atoms with E-state index < -0.39 is 42.3 Å². The number of aromatic nitrogens is 1. The van der Waals surface area contributed by atoms with Crippen LogP contribution >= 0.6 is 11.8 Å². The third-order valence-electron chi connectivity index (χ3n) is 5.57. The summed E-state index contributed by atoms with van der Waals surface area (Å²) in [7, 11) is 0. The molecule has 0 radical (unpaired) electrons. The largest absolute Gasteiger partial charge is 0.481 e. The molecule has 2 atom stereocenters. The first-order valence-electron chi connectivity index (χ1n) is 11.5. The number of thioether (sulfide) groups is 1. The van der Waals surface area contributed by atoms with E-state index in [1.54, 1.807) is 42.5 Å². The first kappa shape index (κ1) is 27.4. The lowest BCUT2D eigenvalue weighted by atomic mass is 9.97. The number of carbonyl (C=O) groups excluding carboxylic acids is 2. The van der Waals surface area contributed by atoms with Gasteiger partial charge in [-0.2, -0.15) is 0 Å². The van der Waals surface area contributed by atoms with Crippen molar-refractivity contribution in [3.05, 3.63) is 96.3 Å². The second kappa shape index (κ2) is 13.2. The fourth-order valence-corrected chi connectivity index (χ4v) is 4.54. The minimum absolute atomic E-state index is 0.0852. The molecule has 192 valence electrons. The van der Waals surface area contributed by atoms with Crippen LogP contribution in [0.25, 0.3) is 0 Å². The second-order valence-electron chi connectivity index (χ2n) is 8.31. The van der Waals surface area contributed by atoms with Gasteiger partial charge in [0, 0.05) is 42.2 Å². The molecule has 9 nitrogen and oxygen atoms in total. The van der Waals surface area contributed by atoms with Crippen LogP contribution in [0.3, 0.4) is 0 Å². The zero-order valence-corrected chi connectivity index (χ0v) is 20.7. The molecule has 3 aromatic rings. The number of nitrogens with one attached hydrogen (secondary N) is 2. The molecule has 3 rings (SSSR count). The molecule has 1 heterocycles. The van der Waals surface area contributed by atoms with Crippen LogP contribution in [-0.2, 0) is 20.8 Å². The Hall–Kier alpha value is -4.18. The number of aliphatic carboxylic acids is 2. The Morgan fingerprint density at radius 1 is 0.892 bits per heavy atom. The Morgan fingerprint density at radius 2 is 1.51 bits per heavy atom. The Balaban J connectivity index is 1.86. The van der Waals surface area contributed by atoms with Crippen molar-refractivity contribution in [2.45, 2.75) is 24.9 Å². The minimum atomic E-state index is -2.08. The fourth-order valence-electron chi connectivity index (χ4n) is 3.62. The summed E-state index contributed by atoms with van der Waals surface area (Å²) in [5.41, 5.74) is -0.406. The maximum atomic E-state index is 13.6. The topological polar surface area (TPSA) is 146 Å². The molecule has 0 aliphatic carbocycles. The zero-order valence-electron chi connectivity index (χ0n) is 19.9. The van der Waals surface area contributed by atoms with Crippen LogP contribution in [0.15, 0.2) is 85.2 Å². The monoisotopic (exact) mass is 521 g/mol. The van der Waals surface area contributed by atoms with Gasteiger partial charge in [0.1, 0.15) is 0 Å². The van der Waals surface area contributed by atoms with Gasteiger partial charge in [0.15, 0.2) is 0 Å². The van der Waals surface area contributed by atoms with Gasteiger partial charge in [-0.05, 0) is 36.2 Å². The van der Waals surface area contributed by atoms with Crippen LogP contribution in [0.1, 0.15) is 28.8 Å². The van der Waals surface area contributed by atoms with Crippen molar-refractivity contribution in [1.29, 1.82) is 0 Å². The molecular weight excluding hydrogens is 494 g/mol. The average Bonchev–Trinajstić information content (AvgIpc) is 2.91. The van der Waals surface area contributed by atoms with Crippen LogP contribution in [0.2, 0.25) is 0 Å². The lowest BCUT2D eigenvalue weighted by Crippen LogP contribution is -2.61. The number of nitrogens with zero attached hydrogens (tertiary/aromatic N) is 1. The van der Waals surface area contributed by atoms with Gasteiger partial charge >= 0.3 is 11.9 Å². The number of anilines is 1. The van der Waals surface area contributed by atoms with E-state index in [1.807, 2.05) is 30.3 Å². The van der Waals surface area contributed by atoms with Gasteiger partial charge < -0.3 is 20.8 Å². The van der Waals surface area contributed by atoms with Gasteiger partial charge in [-0.3, -0.25) is 19.4 Å². The Morgan fingerprint density at radius 3 is 2.11 bits per heavy atom. The van der Waals surface area contributed by atoms with Gasteiger partial charge in [0.05, 0.1) is 5.92 Å². The summed E-state index contributed by atoms with van der Waals surface area (Å²) >= 11 is 0.952. The minimum Gasteiger partial charge on any atom is -0.481 e. The summed E-state index contributed by atoms with van der Waals surface area (Å²) in [6.45, 7) is 0. The van der Waals surface area contributed by atoms with E-state index in [2.05, 4.69) is 15.6 Å². The summed E-state index contributed by atoms with van der Waals surface area (Å²) in [4.78, 5) is 53.9. The van der Waals surface area contributed by atoms with Crippen LogP contribution in [0.5, 0.6) is 0 Å². The molecule has 0 aliphatic heterocycles. The normalized spacial score (nSPS) is 13.1. The SMILES string of the molecule is O=C(O)CC[C@@](NC(=O)[C@@H](CSC(=O)c1ccncc1)Cc1ccccc1)(Nc1ccccc1)C(=O)O. The van der Waals surface area contributed by atoms with E-state index in [1.165, 1.54) is 12.4 Å². The highest BCUT2D eigenvalue weighted by molar-refractivity contribution is 8.14. The van der Waals surface area contributed by atoms with Gasteiger partial charge in [0.2, 0.25) is 16.7 Å². The van der Waals surface area contributed by atoms with E-state index in [0.29, 0.717) is 11.3 Å². The van der Waals surface area contributed by atoms with Crippen molar-refractivity contribution in [1.82, 2.24) is 10.3 Å². The first-order valence-corrected chi connectivity index (χ1v) is 12.5. The number of hydrogen-bond acceptors (Lipinski definition) is 7. The van der Waals surface area contributed by atoms with E-state index in [-0.39, 0.29) is 17.3 Å². The fraction of sp³-hybridized carbons (Fsp3) is 0.222. The Labute approximate surface area is 218 Å². The molecule has 4 N–H and O–H groups in total. The number of pyridine rings is 1. The third-order valence-corrected chi connectivity index (χ3v) is 6.64. The standard InChI is InChI=1S/C27H27N3O6S/c31-23(32)11-14-27(26(35)36,29-22-9-5-2-6-10-22)30-24(33)21(17-19-7-3-1-4-8-19)18-37-25(34)20-12-15-28-16-13-20/h1-10,12-13,15-16,21,29H,11,14,17-18H2,(H,30,33)(H,31,32)(H,35,36)/t21-,27+/m1/s1. The van der Waals surface area contributed by atoms with Crippen LogP contribution in [-0.4, -0.2) is 49.6 Å². The van der Waals surface area contributed by atoms with Crippen LogP contribution in [0.4, 0.5) is 5.69 Å². The molecule has 1 amide bonds. The number of carboxylic acid groups (broad SMARTS) is 2. The first-order chi connectivity index (χ1) is 17.8. The predicted octanol–water partition coefficient (Wildman–Crippen LogP) is 3.69. The number of rotatable bonds is 13. The molecule has 0 spiro atoms. The number of carbonyl (C=O) groups is 4. The molecule has 37 heavy (non-hydrogen) atoms. The molecule has 2 aromatic carbocycles. The van der Waals surface area contributed by atoms with Crippen LogP contribution < -0.4 is 10.6 Å². The molecule has 0 unspecified atom stereocenters. The highest BCUT2D eigenvalue weighted by atomic mass is 32.2. The van der Waals surface area contributed by atoms with Crippen molar-refractivity contribution in [3.8, 4) is 0 Å². The molecule has 0 aliphatic rings. The van der Waals surface area contributed by atoms with Crippen molar-refractivity contribution < 1.29 is 29.4 Å². The highest BCUT2D eigenvalue weighted by Gasteiger charge is 2.42. The second-order valence-corrected chi connectivity index (χ2v) is 9.30. The molecule has 0 bridgehead atoms. The summed E-state index contributed by atoms with van der Waals surface area (Å²) in [5.74, 6) is -3.93. The maximum absolute atomic E-state index is 13.6. The summed E-state index contributed by atoms with van der Waals surface area (Å²) in [6, 6.07) is 20.7. The Kier molecular flexibility index (Phi) is 9.79. The van der Waals surface area contributed by atoms with Crippen molar-refractivity contribution in [2.75, 3.05) is 11.1 Å². The summed E-state index contributed by atoms with van der Waals surface area (Å²) in [5, 5.41) is 24.5. The Bertz CT molecular complexity index is 1210. The van der Waals surface area contributed by atoms with Gasteiger partial charge in [-0.1, -0.05) is 60.3 Å². The maximum Gasteiger partial charge on any atom is 0.350 e. The molecule has 1 aromatic heterocycles. The average molecular weight is 522 g/mol. The highest BCUT2D eigenvalue weighted by Crippen LogP contribution is 2.23. The van der Waals surface area contributed by atoms with Crippen molar-refractivity contribution >= 4 is 40.4 Å². The molecule has 0 saturated heterocycles. The number of hydrogen-bond donors (Lipinski definition) is 4. The third kappa shape index (κ3) is 8.18. The van der Waals surface area contributed by atoms with Gasteiger partial charge in [0.25, 0.3) is 0 Å². The quantitative estimate of drug-likeness (QED) is 0.247. The van der Waals surface area contributed by atoms with Crippen molar-refractivity contribution in [3.63, 3.8) is 0 Å². The smallest absolute Gasteiger partial charge is 0.350 e.